The summed E-state index contributed by atoms with van der Waals surface area (Å²) in [7, 11) is -1.07. The van der Waals surface area contributed by atoms with Gasteiger partial charge in [0.25, 0.3) is 8.53 Å². The number of nitriles is 1. The molecule has 1 unspecified atom stereocenters. The quantitative estimate of drug-likeness (QED) is 0.0311. The van der Waals surface area contributed by atoms with E-state index < -0.39 is 47.0 Å². The minimum absolute atomic E-state index is 0.0401. The number of ether oxygens (including phenoxy) is 4. The normalized spacial score (nSPS) is 18.3. The molecule has 4 aromatic carbocycles. The first-order chi connectivity index (χ1) is 33.6. The van der Waals surface area contributed by atoms with Crippen LogP contribution in [0.3, 0.4) is 0 Å². The third-order valence-corrected chi connectivity index (χ3v) is 21.1. The first-order valence-corrected chi connectivity index (χ1v) is 28.7. The molecule has 16 heteroatoms. The van der Waals surface area contributed by atoms with E-state index in [0.717, 1.165) is 48.8 Å². The van der Waals surface area contributed by atoms with E-state index in [1.54, 1.807) is 38.2 Å². The standard InChI is InChI=1S/C54H65N6O7PSSi/c1-36(2)60(37(3)4)68(64-31-17-30-55)66-49-44(33-63-54(39-19-13-12-14-20-39,40-22-26-42(61-8)27-23-40)41-24-28-43(62-9)29-25-41)65-52(50(49)67-70(10,11)53(5,6)7)59-35-58-48-47(56-34-57-51(48)59)46-32-38-18-15-16-21-45(38)69-46/h12-16,18-29,32,34-37,44,49-50,52H,17,31,33H2,1-11H3/t44-,49-,50-,52-,68?/m1/s1. The number of hydrogen-bond acceptors (Lipinski definition) is 13. The number of benzene rings is 4. The average Bonchev–Trinajstić information content (AvgIpc) is 4.07. The van der Waals surface area contributed by atoms with Crippen LogP contribution in [0.1, 0.15) is 77.8 Å². The summed E-state index contributed by atoms with van der Waals surface area (Å²) in [5.41, 5.74) is 3.50. The lowest BCUT2D eigenvalue weighted by atomic mass is 9.80. The largest absolute Gasteiger partial charge is 0.497 e. The summed E-state index contributed by atoms with van der Waals surface area (Å²) in [4.78, 5) is 15.7. The summed E-state index contributed by atoms with van der Waals surface area (Å²) >= 11 is 1.67. The van der Waals surface area contributed by atoms with E-state index in [4.69, 9.17) is 47.4 Å². The molecule has 368 valence electrons. The number of methoxy groups -OCH3 is 2. The van der Waals surface area contributed by atoms with E-state index in [2.05, 4.69) is 103 Å². The SMILES string of the molecule is COc1ccc(C(OC[C@H]2O[C@@H](n3cnc4c(-c5cc6ccccc6s5)ncnc43)[C@H](O[Si](C)(C)C(C)(C)C)[C@@H]2OP(OCCC#N)N(C(C)C)C(C)C)(c2ccccc2)c2ccc(OC)cc2)cc1. The van der Waals surface area contributed by atoms with Gasteiger partial charge in [-0.15, -0.1) is 11.3 Å². The summed E-state index contributed by atoms with van der Waals surface area (Å²) in [5, 5.41) is 10.6. The van der Waals surface area contributed by atoms with Gasteiger partial charge in [-0.05, 0) is 104 Å². The van der Waals surface area contributed by atoms with Gasteiger partial charge in [0.15, 0.2) is 20.2 Å². The van der Waals surface area contributed by atoms with Crippen LogP contribution in [0.2, 0.25) is 18.1 Å². The Bertz CT molecular complexity index is 2780. The topological polar surface area (TPSA) is 135 Å². The molecule has 1 fully saturated rings. The monoisotopic (exact) mass is 1000 g/mol. The molecular formula is C54H65N6O7PSSi. The van der Waals surface area contributed by atoms with Crippen LogP contribution in [0.15, 0.2) is 122 Å². The molecule has 8 rings (SSSR count). The van der Waals surface area contributed by atoms with Crippen molar-refractivity contribution in [2.75, 3.05) is 27.4 Å². The molecule has 70 heavy (non-hydrogen) atoms. The number of aromatic nitrogens is 4. The van der Waals surface area contributed by atoms with Crippen molar-refractivity contribution >= 4 is 49.4 Å². The highest BCUT2D eigenvalue weighted by Crippen LogP contribution is 2.53. The Morgan fingerprint density at radius 1 is 0.814 bits per heavy atom. The maximum atomic E-state index is 9.69. The van der Waals surface area contributed by atoms with Gasteiger partial charge < -0.3 is 32.4 Å². The number of hydrogen-bond donors (Lipinski definition) is 0. The molecule has 0 radical (unpaired) electrons. The van der Waals surface area contributed by atoms with Gasteiger partial charge in [-0.25, -0.2) is 19.6 Å². The minimum atomic E-state index is -2.61. The summed E-state index contributed by atoms with van der Waals surface area (Å²) in [6.45, 7) is 19.9. The Hall–Kier alpha value is -5.11. The van der Waals surface area contributed by atoms with Gasteiger partial charge in [0.1, 0.15) is 52.9 Å². The van der Waals surface area contributed by atoms with Crippen LogP contribution >= 0.6 is 19.9 Å². The lowest BCUT2D eigenvalue weighted by molar-refractivity contribution is -0.0926. The van der Waals surface area contributed by atoms with E-state index in [9.17, 15) is 5.26 Å². The van der Waals surface area contributed by atoms with Crippen molar-refractivity contribution in [3.63, 3.8) is 0 Å². The van der Waals surface area contributed by atoms with Crippen LogP contribution in [-0.4, -0.2) is 90.3 Å². The summed E-state index contributed by atoms with van der Waals surface area (Å²) in [6.07, 6.45) is 0.606. The van der Waals surface area contributed by atoms with Gasteiger partial charge in [0, 0.05) is 16.8 Å². The number of imidazole rings is 1. The smallest absolute Gasteiger partial charge is 0.259 e. The van der Waals surface area contributed by atoms with Crippen molar-refractivity contribution in [3.8, 4) is 28.1 Å². The number of thiophene rings is 1. The molecule has 0 bridgehead atoms. The zero-order chi connectivity index (χ0) is 49.8. The van der Waals surface area contributed by atoms with Gasteiger partial charge in [0.2, 0.25) is 0 Å². The van der Waals surface area contributed by atoms with E-state index in [1.165, 1.54) is 0 Å². The number of fused-ring (bicyclic) bond motifs is 2. The predicted molar refractivity (Wildman–Crippen MR) is 280 cm³/mol. The van der Waals surface area contributed by atoms with Crippen molar-refractivity contribution in [3.05, 3.63) is 139 Å². The van der Waals surface area contributed by atoms with Gasteiger partial charge >= 0.3 is 0 Å². The molecule has 0 amide bonds. The molecule has 4 heterocycles. The van der Waals surface area contributed by atoms with Crippen molar-refractivity contribution in [2.24, 2.45) is 0 Å². The van der Waals surface area contributed by atoms with E-state index in [-0.39, 0.29) is 36.8 Å². The van der Waals surface area contributed by atoms with Crippen LogP contribution in [0, 0.1) is 11.3 Å². The third-order valence-electron chi connectivity index (χ3n) is 13.3. The first-order valence-electron chi connectivity index (χ1n) is 23.8. The second-order valence-electron chi connectivity index (χ2n) is 19.5. The Balaban J connectivity index is 1.31. The molecule has 0 N–H and O–H groups in total. The van der Waals surface area contributed by atoms with Crippen LogP contribution in [0.4, 0.5) is 0 Å². The van der Waals surface area contributed by atoms with Gasteiger partial charge in [-0.1, -0.05) is 93.6 Å². The summed E-state index contributed by atoms with van der Waals surface area (Å²) in [6, 6.07) is 39.0. The minimum Gasteiger partial charge on any atom is -0.497 e. The fraction of sp³-hybridized carbons (Fsp3) is 0.407. The molecule has 13 nitrogen and oxygen atoms in total. The fourth-order valence-corrected chi connectivity index (χ4v) is 12.9. The van der Waals surface area contributed by atoms with Crippen LogP contribution in [0.5, 0.6) is 11.5 Å². The van der Waals surface area contributed by atoms with Crippen LogP contribution < -0.4 is 9.47 Å². The highest BCUT2D eigenvalue weighted by atomic mass is 32.1. The maximum Gasteiger partial charge on any atom is 0.259 e. The Kier molecular flexibility index (Phi) is 15.9. The molecule has 1 aliphatic heterocycles. The van der Waals surface area contributed by atoms with E-state index >= 15 is 0 Å². The zero-order valence-corrected chi connectivity index (χ0v) is 44.7. The highest BCUT2D eigenvalue weighted by molar-refractivity contribution is 7.44. The summed E-state index contributed by atoms with van der Waals surface area (Å²) in [5.74, 6) is 1.44. The van der Waals surface area contributed by atoms with Gasteiger partial charge in [0.05, 0.1) is 51.1 Å². The van der Waals surface area contributed by atoms with E-state index in [1.807, 2.05) is 83.4 Å². The maximum absolute atomic E-state index is 9.69. The zero-order valence-electron chi connectivity index (χ0n) is 42.0. The van der Waals surface area contributed by atoms with Crippen molar-refractivity contribution in [2.45, 2.75) is 115 Å². The second-order valence-corrected chi connectivity index (χ2v) is 26.8. The average molecular weight is 1000 g/mol. The van der Waals surface area contributed by atoms with Gasteiger partial charge in [-0.3, -0.25) is 4.57 Å². The Labute approximate surface area is 418 Å². The van der Waals surface area contributed by atoms with Crippen LogP contribution in [-0.2, 0) is 28.5 Å². The van der Waals surface area contributed by atoms with Crippen molar-refractivity contribution < 1.29 is 32.4 Å². The van der Waals surface area contributed by atoms with E-state index in [0.29, 0.717) is 11.2 Å². The highest BCUT2D eigenvalue weighted by Gasteiger charge is 2.54. The molecule has 7 aromatic rings. The van der Waals surface area contributed by atoms with Crippen molar-refractivity contribution in [1.82, 2.24) is 24.2 Å². The first kappa shape index (κ1) is 51.2. The molecule has 5 atom stereocenters. The lowest BCUT2D eigenvalue weighted by Crippen LogP contribution is -2.50. The molecule has 0 saturated carbocycles. The van der Waals surface area contributed by atoms with Crippen LogP contribution in [0.25, 0.3) is 31.8 Å². The van der Waals surface area contributed by atoms with Crippen molar-refractivity contribution in [1.29, 1.82) is 5.26 Å². The Morgan fingerprint density at radius 3 is 2.01 bits per heavy atom. The molecular weight excluding hydrogens is 936 g/mol. The molecule has 0 aliphatic carbocycles. The van der Waals surface area contributed by atoms with Gasteiger partial charge in [-0.2, -0.15) is 5.26 Å². The molecule has 0 spiro atoms. The molecule has 1 saturated heterocycles. The third kappa shape index (κ3) is 10.4. The Morgan fingerprint density at radius 2 is 1.43 bits per heavy atom. The lowest BCUT2D eigenvalue weighted by Gasteiger charge is -2.42. The fourth-order valence-electron chi connectivity index (χ4n) is 8.83. The molecule has 1 aliphatic rings. The number of rotatable bonds is 20. The summed E-state index contributed by atoms with van der Waals surface area (Å²) < 4.78 is 53.5. The molecule has 3 aromatic heterocycles. The predicted octanol–water partition coefficient (Wildman–Crippen LogP) is 12.7. The second kappa shape index (κ2) is 21.7. The number of nitrogens with zero attached hydrogens (tertiary/aromatic N) is 6.